The highest BCUT2D eigenvalue weighted by Gasteiger charge is 2.09. The van der Waals surface area contributed by atoms with Gasteiger partial charge in [0.05, 0.1) is 27.2 Å². The zero-order valence-corrected chi connectivity index (χ0v) is 16.9. The summed E-state index contributed by atoms with van der Waals surface area (Å²) in [6.45, 7) is 7.21. The lowest BCUT2D eigenvalue weighted by Crippen LogP contribution is -3.00. The summed E-state index contributed by atoms with van der Waals surface area (Å²) in [5.74, 6) is 0. The van der Waals surface area contributed by atoms with Gasteiger partial charge in [0.2, 0.25) is 0 Å². The Balaban J connectivity index is 0. The summed E-state index contributed by atoms with van der Waals surface area (Å²) < 4.78 is 1.19. The molecule has 0 aromatic heterocycles. The molecule has 0 bridgehead atoms. The van der Waals surface area contributed by atoms with Crippen LogP contribution in [-0.4, -0.2) is 31.7 Å². The summed E-state index contributed by atoms with van der Waals surface area (Å²) in [5.41, 5.74) is 0. The van der Waals surface area contributed by atoms with Crippen LogP contribution in [0.2, 0.25) is 0 Å². The monoisotopic (exact) mass is 333 g/mol. The highest BCUT2D eigenvalue weighted by molar-refractivity contribution is 4.49. The largest absolute Gasteiger partial charge is 1.00 e. The number of quaternary nitrogens is 1. The van der Waals surface area contributed by atoms with Crippen LogP contribution < -0.4 is 12.4 Å². The maximum Gasteiger partial charge on any atom is 0.0782 e. The molecular formula is C20H44ClN. The Labute approximate surface area is 148 Å². The van der Waals surface area contributed by atoms with Gasteiger partial charge >= 0.3 is 0 Å². The van der Waals surface area contributed by atoms with E-state index < -0.39 is 0 Å². The van der Waals surface area contributed by atoms with Crippen molar-refractivity contribution in [2.75, 3.05) is 27.2 Å². The smallest absolute Gasteiger partial charge is 0.0782 e. The van der Waals surface area contributed by atoms with E-state index in [2.05, 4.69) is 27.9 Å². The third kappa shape index (κ3) is 18.3. The summed E-state index contributed by atoms with van der Waals surface area (Å²) in [6.07, 6.45) is 20.4. The summed E-state index contributed by atoms with van der Waals surface area (Å²) >= 11 is 0. The van der Waals surface area contributed by atoms with Gasteiger partial charge in [0.15, 0.2) is 0 Å². The van der Waals surface area contributed by atoms with E-state index in [9.17, 15) is 0 Å². The molecule has 0 aromatic carbocycles. The number of halogens is 1. The fraction of sp³-hybridized carbons (Fsp3) is 1.00. The Bertz CT molecular complexity index is 204. The minimum absolute atomic E-state index is 0. The van der Waals surface area contributed by atoms with Crippen LogP contribution in [0.1, 0.15) is 104 Å². The molecule has 0 unspecified atom stereocenters. The van der Waals surface area contributed by atoms with E-state index in [4.69, 9.17) is 0 Å². The van der Waals surface area contributed by atoms with Gasteiger partial charge in [0.1, 0.15) is 0 Å². The van der Waals surface area contributed by atoms with Gasteiger partial charge in [-0.15, -0.1) is 0 Å². The lowest BCUT2D eigenvalue weighted by atomic mass is 10.0. The fourth-order valence-electron chi connectivity index (χ4n) is 2.89. The first kappa shape index (κ1) is 24.5. The average molecular weight is 334 g/mol. The molecule has 0 aliphatic heterocycles. The van der Waals surface area contributed by atoms with Crippen LogP contribution >= 0.6 is 0 Å². The van der Waals surface area contributed by atoms with Gasteiger partial charge in [-0.3, -0.25) is 0 Å². The first-order valence-electron chi connectivity index (χ1n) is 9.94. The zero-order valence-electron chi connectivity index (χ0n) is 16.1. The van der Waals surface area contributed by atoms with E-state index in [0.29, 0.717) is 0 Å². The summed E-state index contributed by atoms with van der Waals surface area (Å²) in [4.78, 5) is 0. The van der Waals surface area contributed by atoms with Crippen LogP contribution in [-0.2, 0) is 0 Å². The molecule has 0 aromatic rings. The van der Waals surface area contributed by atoms with Gasteiger partial charge < -0.3 is 16.9 Å². The predicted octanol–water partition coefficient (Wildman–Crippen LogP) is 3.57. The maximum atomic E-state index is 2.35. The minimum Gasteiger partial charge on any atom is -1.00 e. The molecule has 0 aliphatic carbocycles. The predicted molar refractivity (Wildman–Crippen MR) is 97.8 cm³/mol. The number of rotatable bonds is 16. The van der Waals surface area contributed by atoms with Crippen molar-refractivity contribution in [1.82, 2.24) is 0 Å². The summed E-state index contributed by atoms with van der Waals surface area (Å²) in [5, 5.41) is 0. The standard InChI is InChI=1S/C20H44N.ClH/c1-5-7-8-9-10-11-12-13-14-15-16-17-18-19-20-21(3,4)6-2;/h5-20H2,1-4H3;1H/q+1;/p-1. The second-order valence-corrected chi connectivity index (χ2v) is 7.57. The van der Waals surface area contributed by atoms with Crippen LogP contribution in [0.15, 0.2) is 0 Å². The molecule has 0 saturated carbocycles. The van der Waals surface area contributed by atoms with Crippen LogP contribution in [0.25, 0.3) is 0 Å². The number of nitrogens with zero attached hydrogens (tertiary/aromatic N) is 1. The number of unbranched alkanes of at least 4 members (excludes halogenated alkanes) is 13. The van der Waals surface area contributed by atoms with Crippen LogP contribution in [0, 0.1) is 0 Å². The Hall–Kier alpha value is 0.250. The van der Waals surface area contributed by atoms with Crippen molar-refractivity contribution >= 4 is 0 Å². The maximum absolute atomic E-state index is 2.35. The van der Waals surface area contributed by atoms with Gasteiger partial charge in [-0.05, 0) is 19.8 Å². The molecule has 0 rings (SSSR count). The molecule has 0 fully saturated rings. The third-order valence-corrected chi connectivity index (χ3v) is 4.97. The molecule has 0 radical (unpaired) electrons. The van der Waals surface area contributed by atoms with Crippen molar-refractivity contribution in [1.29, 1.82) is 0 Å². The topological polar surface area (TPSA) is 0 Å². The van der Waals surface area contributed by atoms with Crippen LogP contribution in [0.5, 0.6) is 0 Å². The molecule has 136 valence electrons. The average Bonchev–Trinajstić information content (AvgIpc) is 2.47. The highest BCUT2D eigenvalue weighted by Crippen LogP contribution is 2.13. The second-order valence-electron chi connectivity index (χ2n) is 7.57. The van der Waals surface area contributed by atoms with E-state index in [-0.39, 0.29) is 12.4 Å². The molecule has 0 spiro atoms. The SMILES string of the molecule is CCCCCCCCCCCCCCCC[N+](C)(C)CC.[Cl-]. The lowest BCUT2D eigenvalue weighted by Gasteiger charge is -2.28. The van der Waals surface area contributed by atoms with E-state index >= 15 is 0 Å². The third-order valence-electron chi connectivity index (χ3n) is 4.97. The van der Waals surface area contributed by atoms with Crippen molar-refractivity contribution < 1.29 is 16.9 Å². The molecule has 0 aliphatic rings. The first-order chi connectivity index (χ1) is 10.1. The molecule has 0 atom stereocenters. The molecular weight excluding hydrogens is 290 g/mol. The molecule has 0 N–H and O–H groups in total. The van der Waals surface area contributed by atoms with Gasteiger partial charge in [0, 0.05) is 0 Å². The number of hydrogen-bond donors (Lipinski definition) is 0. The van der Waals surface area contributed by atoms with Crippen molar-refractivity contribution in [2.45, 2.75) is 104 Å². The number of hydrogen-bond acceptors (Lipinski definition) is 0. The lowest BCUT2D eigenvalue weighted by molar-refractivity contribution is -0.888. The van der Waals surface area contributed by atoms with Gasteiger partial charge in [-0.25, -0.2) is 0 Å². The van der Waals surface area contributed by atoms with E-state index in [1.165, 1.54) is 107 Å². The fourth-order valence-corrected chi connectivity index (χ4v) is 2.89. The van der Waals surface area contributed by atoms with Gasteiger partial charge in [-0.1, -0.05) is 84.0 Å². The Kier molecular flexibility index (Phi) is 19.6. The second kappa shape index (κ2) is 17.6. The van der Waals surface area contributed by atoms with Crippen LogP contribution in [0.4, 0.5) is 0 Å². The normalized spacial score (nSPS) is 11.5. The summed E-state index contributed by atoms with van der Waals surface area (Å²) in [6, 6.07) is 0. The van der Waals surface area contributed by atoms with Gasteiger partial charge in [-0.2, -0.15) is 0 Å². The van der Waals surface area contributed by atoms with Crippen molar-refractivity contribution in [2.24, 2.45) is 0 Å². The van der Waals surface area contributed by atoms with E-state index in [1.807, 2.05) is 0 Å². The summed E-state index contributed by atoms with van der Waals surface area (Å²) in [7, 11) is 4.70. The van der Waals surface area contributed by atoms with Gasteiger partial charge in [0.25, 0.3) is 0 Å². The molecule has 1 nitrogen and oxygen atoms in total. The quantitative estimate of drug-likeness (QED) is 0.299. The van der Waals surface area contributed by atoms with Crippen molar-refractivity contribution in [3.05, 3.63) is 0 Å². The molecule has 2 heteroatoms. The molecule has 0 amide bonds. The van der Waals surface area contributed by atoms with E-state index in [0.717, 1.165) is 0 Å². The van der Waals surface area contributed by atoms with Crippen molar-refractivity contribution in [3.8, 4) is 0 Å². The Morgan fingerprint density at radius 2 is 0.818 bits per heavy atom. The van der Waals surface area contributed by atoms with Crippen LogP contribution in [0.3, 0.4) is 0 Å². The molecule has 0 heterocycles. The Morgan fingerprint density at radius 1 is 0.500 bits per heavy atom. The highest BCUT2D eigenvalue weighted by atomic mass is 35.5. The minimum atomic E-state index is 0. The molecule has 0 saturated heterocycles. The Morgan fingerprint density at radius 3 is 1.14 bits per heavy atom. The first-order valence-corrected chi connectivity index (χ1v) is 9.94. The molecule has 22 heavy (non-hydrogen) atoms. The van der Waals surface area contributed by atoms with E-state index in [1.54, 1.807) is 0 Å². The van der Waals surface area contributed by atoms with Crippen molar-refractivity contribution in [3.63, 3.8) is 0 Å². The zero-order chi connectivity index (χ0) is 15.8.